The Balaban J connectivity index is 0.967. The standard InChI is InChI=1S/C78H140N2O2/c1-7-11-15-17-19-21-23-59-29-41-65(42-30-59)79(63-37-25-57(5)26-38-63)75-55-73(61-33-45-67(46-34-61)81-53-13-9-3)69-50-52-72-76(56-74(70-49-51-71(75)77(69)78(70)72)62-35-47-68(48-36-62)82-54-14-10-4)80(64-39-27-58(6)28-40-64)66-43-31-60(32-44-66)24-22-20-18-16-12-8-2/h57-78H,7-56H2,1-6H3. The van der Waals surface area contributed by atoms with Crippen LogP contribution in [-0.2, 0) is 9.47 Å². The molecule has 0 amide bonds. The van der Waals surface area contributed by atoms with Crippen LogP contribution in [0.4, 0.5) is 0 Å². The molecule has 0 heterocycles. The van der Waals surface area contributed by atoms with Crippen LogP contribution in [0.25, 0.3) is 0 Å². The largest absolute Gasteiger partial charge is 0.378 e. The summed E-state index contributed by atoms with van der Waals surface area (Å²) in [7, 11) is 0. The van der Waals surface area contributed by atoms with Crippen LogP contribution in [0.3, 0.4) is 0 Å². The molecule has 474 valence electrons. The second kappa shape index (κ2) is 33.6. The first-order chi connectivity index (χ1) is 40.3. The van der Waals surface area contributed by atoms with E-state index in [-0.39, 0.29) is 0 Å². The van der Waals surface area contributed by atoms with E-state index in [4.69, 9.17) is 9.47 Å². The maximum absolute atomic E-state index is 6.72. The van der Waals surface area contributed by atoms with E-state index in [0.717, 1.165) is 132 Å². The summed E-state index contributed by atoms with van der Waals surface area (Å²) in [6, 6.07) is 5.08. The molecule has 82 heavy (non-hydrogen) atoms. The number of ether oxygens (including phenoxy) is 2. The molecule has 0 N–H and O–H groups in total. The van der Waals surface area contributed by atoms with Crippen LogP contribution in [0, 0.1) is 82.9 Å². The van der Waals surface area contributed by atoms with Crippen molar-refractivity contribution in [2.45, 2.75) is 398 Å². The van der Waals surface area contributed by atoms with E-state index in [1.165, 1.54) is 270 Å². The molecule has 10 unspecified atom stereocenters. The lowest BCUT2D eigenvalue weighted by molar-refractivity contribution is -0.191. The Morgan fingerprint density at radius 2 is 0.610 bits per heavy atom. The summed E-state index contributed by atoms with van der Waals surface area (Å²) >= 11 is 0. The Morgan fingerprint density at radius 3 is 0.963 bits per heavy atom. The third-order valence-electron chi connectivity index (χ3n) is 27.5. The highest BCUT2D eigenvalue weighted by molar-refractivity contribution is 5.14. The van der Waals surface area contributed by atoms with Crippen molar-refractivity contribution < 1.29 is 9.47 Å². The molecular formula is C78H140N2O2. The van der Waals surface area contributed by atoms with Gasteiger partial charge in [0.2, 0.25) is 0 Å². The van der Waals surface area contributed by atoms with Gasteiger partial charge < -0.3 is 9.47 Å². The second-order valence-electron chi connectivity index (χ2n) is 32.6. The summed E-state index contributed by atoms with van der Waals surface area (Å²) in [5, 5.41) is 0. The Hall–Kier alpha value is -0.160. The van der Waals surface area contributed by atoms with E-state index < -0.39 is 0 Å². The lowest BCUT2D eigenvalue weighted by atomic mass is 9.41. The molecule has 0 radical (unpaired) electrons. The summed E-state index contributed by atoms with van der Waals surface area (Å²) in [6.07, 6.45) is 71.6. The van der Waals surface area contributed by atoms with E-state index in [0.29, 0.717) is 12.2 Å². The van der Waals surface area contributed by atoms with Crippen molar-refractivity contribution in [1.29, 1.82) is 0 Å². The summed E-state index contributed by atoms with van der Waals surface area (Å²) < 4.78 is 13.4. The molecule has 0 aromatic heterocycles. The first-order valence-corrected chi connectivity index (χ1v) is 39.1. The van der Waals surface area contributed by atoms with Crippen LogP contribution in [0.2, 0.25) is 0 Å². The van der Waals surface area contributed by atoms with Gasteiger partial charge in [-0.25, -0.2) is 0 Å². The fourth-order valence-electron chi connectivity index (χ4n) is 23.0. The Labute approximate surface area is 511 Å². The fourth-order valence-corrected chi connectivity index (χ4v) is 23.0. The molecule has 0 saturated heterocycles. The summed E-state index contributed by atoms with van der Waals surface area (Å²) in [6.45, 7) is 16.7. The summed E-state index contributed by atoms with van der Waals surface area (Å²) in [4.78, 5) is 7.11. The van der Waals surface area contributed by atoms with Gasteiger partial charge in [-0.15, -0.1) is 0 Å². The van der Waals surface area contributed by atoms with Crippen molar-refractivity contribution in [2.75, 3.05) is 13.2 Å². The molecule has 4 nitrogen and oxygen atoms in total. The monoisotopic (exact) mass is 1140 g/mol. The van der Waals surface area contributed by atoms with Gasteiger partial charge in [-0.05, 0) is 288 Å². The van der Waals surface area contributed by atoms with Gasteiger partial charge in [0.05, 0.1) is 12.2 Å². The number of hydrogen-bond acceptors (Lipinski definition) is 4. The fraction of sp³-hybridized carbons (Fsp3) is 1.00. The van der Waals surface area contributed by atoms with Crippen molar-refractivity contribution >= 4 is 0 Å². The van der Waals surface area contributed by atoms with Crippen LogP contribution in [0.15, 0.2) is 0 Å². The van der Waals surface area contributed by atoms with E-state index in [9.17, 15) is 0 Å². The Kier molecular flexibility index (Phi) is 26.6. The summed E-state index contributed by atoms with van der Waals surface area (Å²) in [5.74, 6) is 13.5. The highest BCUT2D eigenvalue weighted by Crippen LogP contribution is 2.67. The average molecular weight is 1140 g/mol. The minimum Gasteiger partial charge on any atom is -0.378 e. The molecule has 10 atom stereocenters. The van der Waals surface area contributed by atoms with Gasteiger partial charge in [-0.1, -0.05) is 144 Å². The summed E-state index contributed by atoms with van der Waals surface area (Å²) in [5.41, 5.74) is 0. The maximum Gasteiger partial charge on any atom is 0.0575 e. The van der Waals surface area contributed by atoms with Gasteiger partial charge in [0.1, 0.15) is 0 Å². The molecule has 4 heteroatoms. The zero-order valence-electron chi connectivity index (χ0n) is 55.8. The topological polar surface area (TPSA) is 24.9 Å². The highest BCUT2D eigenvalue weighted by atomic mass is 16.5. The number of hydrogen-bond donors (Lipinski definition) is 0. The average Bonchev–Trinajstić information content (AvgIpc) is 1.40. The molecule has 0 spiro atoms. The van der Waals surface area contributed by atoms with Crippen LogP contribution in [0.5, 0.6) is 0 Å². The lowest BCUT2D eigenvalue weighted by Crippen LogP contribution is -2.67. The molecule has 0 aromatic rings. The van der Waals surface area contributed by atoms with Crippen molar-refractivity contribution in [3.05, 3.63) is 0 Å². The predicted molar refractivity (Wildman–Crippen MR) is 350 cm³/mol. The highest BCUT2D eigenvalue weighted by Gasteiger charge is 2.63. The van der Waals surface area contributed by atoms with E-state index in [2.05, 4.69) is 51.3 Å². The van der Waals surface area contributed by atoms with Gasteiger partial charge in [0, 0.05) is 49.5 Å². The lowest BCUT2D eigenvalue weighted by Gasteiger charge is -2.68. The van der Waals surface area contributed by atoms with Crippen molar-refractivity contribution in [1.82, 2.24) is 9.80 Å². The van der Waals surface area contributed by atoms with Gasteiger partial charge in [-0.3, -0.25) is 9.80 Å². The number of unbranched alkanes of at least 4 members (excludes halogenated alkanes) is 12. The van der Waals surface area contributed by atoms with Gasteiger partial charge in [-0.2, -0.15) is 0 Å². The molecule has 0 bridgehead atoms. The van der Waals surface area contributed by atoms with Crippen LogP contribution < -0.4 is 0 Å². The van der Waals surface area contributed by atoms with E-state index >= 15 is 0 Å². The molecule has 10 saturated carbocycles. The van der Waals surface area contributed by atoms with Crippen LogP contribution in [0.1, 0.15) is 350 Å². The molecule has 0 aliphatic heterocycles. The van der Waals surface area contributed by atoms with E-state index in [1.807, 2.05) is 0 Å². The predicted octanol–water partition coefficient (Wildman–Crippen LogP) is 22.2. The quantitative estimate of drug-likeness (QED) is 0.0669. The van der Waals surface area contributed by atoms with Crippen LogP contribution >= 0.6 is 0 Å². The molecule has 10 fully saturated rings. The Morgan fingerprint density at radius 1 is 0.293 bits per heavy atom. The molecule has 10 rings (SSSR count). The van der Waals surface area contributed by atoms with Gasteiger partial charge in [0.25, 0.3) is 0 Å². The Bertz CT molecular complexity index is 1580. The van der Waals surface area contributed by atoms with Crippen LogP contribution in [-0.4, -0.2) is 71.5 Å². The van der Waals surface area contributed by atoms with Crippen molar-refractivity contribution in [3.8, 4) is 0 Å². The molecule has 10 aliphatic rings. The SMILES string of the molecule is CCCCCCCCC1CCC(N(C2CCC(C)CC2)C2CC(C3CCC(OCCCC)CC3)C3CCC4C5C(CCC2C35)C(C2CCC(OCCCC)CC2)CC4N(C2CCC(C)CC2)C2CCC(CCCCCCCC)CC2)CC1. The third-order valence-corrected chi connectivity index (χ3v) is 27.5. The second-order valence-corrected chi connectivity index (χ2v) is 32.6. The zero-order chi connectivity index (χ0) is 56.6. The zero-order valence-corrected chi connectivity index (χ0v) is 55.8. The maximum atomic E-state index is 6.72. The normalized spacial score (nSPS) is 41.9. The molecular weight excluding hydrogens is 997 g/mol. The number of nitrogens with zero attached hydrogens (tertiary/aromatic N) is 2. The van der Waals surface area contributed by atoms with E-state index in [1.54, 1.807) is 38.5 Å². The third kappa shape index (κ3) is 16.8. The van der Waals surface area contributed by atoms with Crippen molar-refractivity contribution in [2.24, 2.45) is 82.9 Å². The smallest absolute Gasteiger partial charge is 0.0575 e. The minimum absolute atomic E-state index is 0.531. The van der Waals surface area contributed by atoms with Gasteiger partial charge in [0.15, 0.2) is 0 Å². The number of rotatable bonds is 30. The minimum atomic E-state index is 0.531. The first-order valence-electron chi connectivity index (χ1n) is 39.1. The van der Waals surface area contributed by atoms with Crippen molar-refractivity contribution in [3.63, 3.8) is 0 Å². The molecule has 10 aliphatic carbocycles. The van der Waals surface area contributed by atoms with Gasteiger partial charge >= 0.3 is 0 Å². The molecule has 0 aromatic carbocycles. The first kappa shape index (κ1) is 64.8.